The normalized spacial score (nSPS) is 12.7. The van der Waals surface area contributed by atoms with E-state index in [-0.39, 0.29) is 0 Å². The topological polar surface area (TPSA) is 85.2 Å². The van der Waals surface area contributed by atoms with Crippen LogP contribution in [0.15, 0.2) is 55.0 Å². The predicted octanol–water partition coefficient (Wildman–Crippen LogP) is 4.24. The van der Waals surface area contributed by atoms with Crippen molar-refractivity contribution in [1.82, 2.24) is 25.1 Å². The van der Waals surface area contributed by atoms with Crippen LogP contribution in [0.5, 0.6) is 5.75 Å². The second-order valence-corrected chi connectivity index (χ2v) is 8.47. The van der Waals surface area contributed by atoms with Crippen LogP contribution < -0.4 is 15.0 Å². The van der Waals surface area contributed by atoms with Crippen molar-refractivity contribution in [2.24, 2.45) is 13.0 Å². The fourth-order valence-electron chi connectivity index (χ4n) is 3.73. The number of fused-ring (bicyclic) bond motifs is 1. The van der Waals surface area contributed by atoms with Gasteiger partial charge in [0, 0.05) is 48.4 Å². The lowest BCUT2D eigenvalue weighted by Gasteiger charge is -2.26. The Balaban J connectivity index is 0.000000868. The van der Waals surface area contributed by atoms with Gasteiger partial charge in [-0.2, -0.15) is 5.10 Å². The smallest absolute Gasteiger partial charge is 0.150 e. The largest absolute Gasteiger partial charge is 0.497 e. The summed E-state index contributed by atoms with van der Waals surface area (Å²) in [7, 11) is 7.25. The molecule has 0 spiro atoms. The number of carbonyl (C=O) groups is 1. The van der Waals surface area contributed by atoms with E-state index in [2.05, 4.69) is 32.4 Å². The molecule has 34 heavy (non-hydrogen) atoms. The number of nitrogens with zero attached hydrogens (tertiary/aromatic N) is 5. The molecule has 0 amide bonds. The van der Waals surface area contributed by atoms with Crippen LogP contribution in [0.3, 0.4) is 0 Å². The average Bonchev–Trinajstić information content (AvgIpc) is 3.59. The summed E-state index contributed by atoms with van der Waals surface area (Å²) >= 11 is 0. The number of rotatable bonds is 7. The maximum Gasteiger partial charge on any atom is 0.150 e. The fraction of sp³-hybridized carbons (Fsp3) is 0.308. The molecule has 2 heterocycles. The molecule has 1 fully saturated rings. The molecule has 8 nitrogen and oxygen atoms in total. The van der Waals surface area contributed by atoms with Gasteiger partial charge in [-0.05, 0) is 63.2 Å². The third-order valence-electron chi connectivity index (χ3n) is 5.57. The second kappa shape index (κ2) is 10.4. The first-order valence-electron chi connectivity index (χ1n) is 11.3. The van der Waals surface area contributed by atoms with E-state index in [1.54, 1.807) is 30.3 Å². The number of hydrogen-bond acceptors (Lipinski definition) is 7. The van der Waals surface area contributed by atoms with E-state index in [9.17, 15) is 4.79 Å². The van der Waals surface area contributed by atoms with Crippen molar-refractivity contribution in [1.29, 1.82) is 0 Å². The molecule has 2 aromatic carbocycles. The van der Waals surface area contributed by atoms with Gasteiger partial charge in [-0.1, -0.05) is 0 Å². The lowest BCUT2D eigenvalue weighted by Crippen LogP contribution is -2.20. The highest BCUT2D eigenvalue weighted by Crippen LogP contribution is 2.37. The number of methoxy groups -OCH3 is 1. The molecule has 0 saturated heterocycles. The lowest BCUT2D eigenvalue weighted by atomic mass is 10.1. The minimum absolute atomic E-state index is 0.592. The lowest BCUT2D eigenvalue weighted by molar-refractivity contribution is 0.112. The number of anilines is 2. The zero-order valence-electron chi connectivity index (χ0n) is 20.0. The van der Waals surface area contributed by atoms with E-state index in [1.807, 2.05) is 45.5 Å². The highest BCUT2D eigenvalue weighted by atomic mass is 16.5. The predicted molar refractivity (Wildman–Crippen MR) is 135 cm³/mol. The van der Waals surface area contributed by atoms with Gasteiger partial charge < -0.3 is 15.0 Å². The molecule has 176 valence electrons. The van der Waals surface area contributed by atoms with Crippen molar-refractivity contribution in [2.75, 3.05) is 32.6 Å². The Morgan fingerprint density at radius 3 is 2.56 bits per heavy atom. The van der Waals surface area contributed by atoms with Crippen molar-refractivity contribution in [3.8, 4) is 17.0 Å². The Hall–Kier alpha value is -3.78. The highest BCUT2D eigenvalue weighted by Gasteiger charge is 2.26. The molecule has 4 aromatic rings. The number of hydrogen-bond donors (Lipinski definition) is 1. The van der Waals surface area contributed by atoms with Crippen LogP contribution in [0, 0.1) is 5.92 Å². The summed E-state index contributed by atoms with van der Waals surface area (Å²) in [6.45, 7) is 0.882. The third-order valence-corrected chi connectivity index (χ3v) is 5.57. The van der Waals surface area contributed by atoms with Crippen LogP contribution in [0.2, 0.25) is 0 Å². The Morgan fingerprint density at radius 2 is 1.91 bits per heavy atom. The van der Waals surface area contributed by atoms with E-state index < -0.39 is 0 Å². The van der Waals surface area contributed by atoms with Gasteiger partial charge in [0.05, 0.1) is 36.2 Å². The molecule has 1 saturated carbocycles. The maximum absolute atomic E-state index is 11.5. The van der Waals surface area contributed by atoms with Crippen LogP contribution >= 0.6 is 0 Å². The zero-order valence-corrected chi connectivity index (χ0v) is 20.0. The molecule has 5 rings (SSSR count). The molecule has 1 aliphatic rings. The molecular weight excluding hydrogens is 428 g/mol. The van der Waals surface area contributed by atoms with E-state index in [0.717, 1.165) is 46.5 Å². The number of carbonyl (C=O) groups excluding carboxylic acids is 1. The first kappa shape index (κ1) is 23.4. The first-order chi connectivity index (χ1) is 16.5. The van der Waals surface area contributed by atoms with Gasteiger partial charge in [-0.15, -0.1) is 0 Å². The molecule has 0 radical (unpaired) electrons. The molecule has 2 aromatic heterocycles. The Kier molecular flexibility index (Phi) is 7.18. The van der Waals surface area contributed by atoms with E-state index in [4.69, 9.17) is 9.72 Å². The number of benzene rings is 2. The van der Waals surface area contributed by atoms with Gasteiger partial charge in [0.1, 0.15) is 12.0 Å². The van der Waals surface area contributed by atoms with Gasteiger partial charge in [-0.25, -0.2) is 4.98 Å². The summed E-state index contributed by atoms with van der Waals surface area (Å²) in [6, 6.07) is 11.7. The minimum Gasteiger partial charge on any atom is -0.497 e. The quantitative estimate of drug-likeness (QED) is 0.415. The monoisotopic (exact) mass is 458 g/mol. The number of ether oxygens (including phenoxy) is 1. The van der Waals surface area contributed by atoms with Crippen LogP contribution in [0.4, 0.5) is 11.4 Å². The number of nitrogens with one attached hydrogen (secondary N) is 1. The first-order valence-corrected chi connectivity index (χ1v) is 11.3. The maximum atomic E-state index is 11.5. The highest BCUT2D eigenvalue weighted by molar-refractivity contribution is 5.84. The summed E-state index contributed by atoms with van der Waals surface area (Å²) in [5.41, 5.74) is 5.91. The van der Waals surface area contributed by atoms with Gasteiger partial charge in [0.2, 0.25) is 0 Å². The summed E-state index contributed by atoms with van der Waals surface area (Å²) in [5.74, 6) is 1.31. The van der Waals surface area contributed by atoms with E-state index in [1.165, 1.54) is 12.8 Å². The number of aldehydes is 1. The van der Waals surface area contributed by atoms with E-state index in [0.29, 0.717) is 17.2 Å². The third kappa shape index (κ3) is 5.40. The number of aryl methyl sites for hydroxylation is 1. The van der Waals surface area contributed by atoms with Crippen molar-refractivity contribution in [2.45, 2.75) is 12.8 Å². The minimum atomic E-state index is 0.592. The molecule has 0 bridgehead atoms. The second-order valence-electron chi connectivity index (χ2n) is 8.47. The molecule has 0 atom stereocenters. The standard InChI is InChI=1S/C24H23N5O2.C2H7N/c1-28-14-18(11-26-28)24-12-25-22-6-5-19(10-23(22)27-24)29(13-16-3-4-16)20-7-17(15-30)8-21(9-20)31-2;1-3-2/h5-12,14-16H,3-4,13H2,1-2H3;3H,1-2H3. The van der Waals surface area contributed by atoms with Crippen molar-refractivity contribution in [3.05, 3.63) is 60.6 Å². The van der Waals surface area contributed by atoms with Crippen LogP contribution in [0.25, 0.3) is 22.3 Å². The van der Waals surface area contributed by atoms with Crippen LogP contribution in [-0.4, -0.2) is 53.8 Å². The van der Waals surface area contributed by atoms with Crippen LogP contribution in [0.1, 0.15) is 23.2 Å². The summed E-state index contributed by atoms with van der Waals surface area (Å²) in [4.78, 5) is 23.1. The Bertz CT molecular complexity index is 1280. The molecular formula is C26H30N6O2. The van der Waals surface area contributed by atoms with Crippen molar-refractivity contribution < 1.29 is 9.53 Å². The van der Waals surface area contributed by atoms with Crippen molar-refractivity contribution in [3.63, 3.8) is 0 Å². The molecule has 1 aliphatic carbocycles. The van der Waals surface area contributed by atoms with Gasteiger partial charge >= 0.3 is 0 Å². The molecule has 1 N–H and O–H groups in total. The van der Waals surface area contributed by atoms with Crippen molar-refractivity contribution >= 4 is 28.7 Å². The van der Waals surface area contributed by atoms with E-state index >= 15 is 0 Å². The zero-order chi connectivity index (χ0) is 24.1. The molecule has 8 heteroatoms. The van der Waals surface area contributed by atoms with Crippen LogP contribution in [-0.2, 0) is 7.05 Å². The summed E-state index contributed by atoms with van der Waals surface area (Å²) < 4.78 is 7.18. The fourth-order valence-corrected chi connectivity index (χ4v) is 3.73. The average molecular weight is 459 g/mol. The number of aromatic nitrogens is 4. The Labute approximate surface area is 199 Å². The summed E-state index contributed by atoms with van der Waals surface area (Å²) in [5, 5.41) is 6.98. The van der Waals surface area contributed by atoms with Gasteiger partial charge in [0.25, 0.3) is 0 Å². The molecule has 0 unspecified atom stereocenters. The SMILES string of the molecule is CNC.COc1cc(C=O)cc(N(CC2CC2)c2ccc3ncc(-c4cnn(C)c4)nc3c2)c1. The Morgan fingerprint density at radius 1 is 1.12 bits per heavy atom. The molecule has 0 aliphatic heterocycles. The summed E-state index contributed by atoms with van der Waals surface area (Å²) in [6.07, 6.45) is 8.79. The van der Waals surface area contributed by atoms with Gasteiger partial charge in [0.15, 0.2) is 0 Å². The van der Waals surface area contributed by atoms with Gasteiger partial charge in [-0.3, -0.25) is 14.5 Å².